The molecule has 0 atom stereocenters. The number of carbonyl (C=O) groups excluding carboxylic acids is 1. The Morgan fingerprint density at radius 2 is 1.75 bits per heavy atom. The van der Waals surface area contributed by atoms with Crippen LogP contribution < -0.4 is 0 Å². The summed E-state index contributed by atoms with van der Waals surface area (Å²) in [5, 5.41) is 0. The Kier molecular flexibility index (Phi) is 2.77. The highest BCUT2D eigenvalue weighted by Gasteiger charge is 2.28. The molecule has 0 aromatic rings. The highest BCUT2D eigenvalue weighted by atomic mass is 19.4. The number of hydrogen-bond acceptors (Lipinski definition) is 2. The third-order valence-electron chi connectivity index (χ3n) is 1.88. The van der Waals surface area contributed by atoms with Gasteiger partial charge in [-0.3, -0.25) is 4.79 Å². The van der Waals surface area contributed by atoms with Crippen molar-refractivity contribution in [1.82, 2.24) is 4.90 Å². The van der Waals surface area contributed by atoms with Crippen molar-refractivity contribution in [3.63, 3.8) is 0 Å². The monoisotopic (exact) mass is 180 g/mol. The molecular formula is C6H10BF3NO-. The number of piperidine rings is 1. The molecule has 70 valence electrons. The van der Waals surface area contributed by atoms with Crippen molar-refractivity contribution in [2.75, 3.05) is 19.5 Å². The molecule has 0 bridgehead atoms. The van der Waals surface area contributed by atoms with Crippen LogP contribution in [0.25, 0.3) is 0 Å². The minimum absolute atomic E-state index is 0.0703. The van der Waals surface area contributed by atoms with Crippen molar-refractivity contribution in [3.8, 4) is 0 Å². The van der Waals surface area contributed by atoms with Crippen LogP contribution in [-0.2, 0) is 4.79 Å². The van der Waals surface area contributed by atoms with Gasteiger partial charge in [0.15, 0.2) is 0 Å². The van der Waals surface area contributed by atoms with Crippen LogP contribution >= 0.6 is 0 Å². The van der Waals surface area contributed by atoms with Gasteiger partial charge < -0.3 is 17.8 Å². The van der Waals surface area contributed by atoms with Crippen molar-refractivity contribution in [2.24, 2.45) is 0 Å². The molecule has 6 heteroatoms. The second kappa shape index (κ2) is 3.47. The highest BCUT2D eigenvalue weighted by molar-refractivity contribution is 6.58. The van der Waals surface area contributed by atoms with E-state index in [1.165, 1.54) is 4.90 Å². The fourth-order valence-corrected chi connectivity index (χ4v) is 1.28. The summed E-state index contributed by atoms with van der Waals surface area (Å²) in [5.74, 6) is 0.0703. The van der Waals surface area contributed by atoms with E-state index in [-0.39, 0.29) is 31.7 Å². The van der Waals surface area contributed by atoms with Gasteiger partial charge in [0, 0.05) is 25.9 Å². The molecule has 0 aromatic carbocycles. The maximum atomic E-state index is 11.9. The topological polar surface area (TPSA) is 20.3 Å². The molecule has 0 aliphatic carbocycles. The lowest BCUT2D eigenvalue weighted by molar-refractivity contribution is -0.121. The lowest BCUT2D eigenvalue weighted by atomic mass is 9.90. The van der Waals surface area contributed by atoms with E-state index in [1.54, 1.807) is 0 Å². The number of carbonyl (C=O) groups is 1. The van der Waals surface area contributed by atoms with E-state index in [0.29, 0.717) is 0 Å². The number of likely N-dealkylation sites (tertiary alicyclic amines) is 1. The molecule has 1 aliphatic rings. The third-order valence-corrected chi connectivity index (χ3v) is 1.88. The van der Waals surface area contributed by atoms with Crippen molar-refractivity contribution in [2.45, 2.75) is 12.8 Å². The van der Waals surface area contributed by atoms with Gasteiger partial charge in [0.2, 0.25) is 0 Å². The minimum atomic E-state index is -4.73. The predicted molar refractivity (Wildman–Crippen MR) is 39.8 cm³/mol. The number of ketones is 1. The Bertz CT molecular complexity index is 172. The van der Waals surface area contributed by atoms with E-state index in [4.69, 9.17) is 0 Å². The molecule has 0 saturated carbocycles. The SMILES string of the molecule is O=C1CCN(C[B-](F)(F)F)CC1. The summed E-state index contributed by atoms with van der Waals surface area (Å²) in [5.41, 5.74) is 0. The van der Waals surface area contributed by atoms with E-state index >= 15 is 0 Å². The van der Waals surface area contributed by atoms with Gasteiger partial charge in [-0.15, -0.1) is 0 Å². The number of Topliss-reactive ketones (excluding diaryl/α,β-unsaturated/α-hetero) is 1. The molecule has 0 spiro atoms. The van der Waals surface area contributed by atoms with E-state index in [1.807, 2.05) is 0 Å². The Labute approximate surface area is 68.8 Å². The van der Waals surface area contributed by atoms with E-state index < -0.39 is 13.4 Å². The van der Waals surface area contributed by atoms with Crippen molar-refractivity contribution < 1.29 is 17.7 Å². The van der Waals surface area contributed by atoms with Crippen LogP contribution in [0.3, 0.4) is 0 Å². The van der Waals surface area contributed by atoms with E-state index in [0.717, 1.165) is 0 Å². The first-order chi connectivity index (χ1) is 5.47. The van der Waals surface area contributed by atoms with Crippen LogP contribution in [0, 0.1) is 0 Å². The zero-order valence-corrected chi connectivity index (χ0v) is 6.60. The number of rotatable bonds is 2. The maximum absolute atomic E-state index is 11.9. The molecule has 0 N–H and O–H groups in total. The first kappa shape index (κ1) is 9.57. The van der Waals surface area contributed by atoms with Crippen LogP contribution in [0.4, 0.5) is 12.9 Å². The fraction of sp³-hybridized carbons (Fsp3) is 0.833. The van der Waals surface area contributed by atoms with Gasteiger partial charge >= 0.3 is 6.98 Å². The number of hydrogen-bond donors (Lipinski definition) is 0. The fourth-order valence-electron chi connectivity index (χ4n) is 1.28. The van der Waals surface area contributed by atoms with Gasteiger partial charge in [0.25, 0.3) is 0 Å². The van der Waals surface area contributed by atoms with Gasteiger partial charge in [0.1, 0.15) is 5.78 Å². The van der Waals surface area contributed by atoms with E-state index in [2.05, 4.69) is 0 Å². The van der Waals surface area contributed by atoms with Crippen molar-refractivity contribution >= 4 is 12.8 Å². The average Bonchev–Trinajstić information content (AvgIpc) is 1.91. The Morgan fingerprint density at radius 1 is 1.25 bits per heavy atom. The zero-order valence-electron chi connectivity index (χ0n) is 6.60. The number of nitrogens with zero attached hydrogens (tertiary/aromatic N) is 1. The third kappa shape index (κ3) is 3.25. The maximum Gasteiger partial charge on any atom is 0.492 e. The summed E-state index contributed by atoms with van der Waals surface area (Å²) in [6, 6.07) is 0. The Hall–Kier alpha value is -0.515. The van der Waals surface area contributed by atoms with Crippen LogP contribution in [-0.4, -0.2) is 37.2 Å². The lowest BCUT2D eigenvalue weighted by Gasteiger charge is -2.30. The molecule has 1 rings (SSSR count). The smallest absolute Gasteiger partial charge is 0.448 e. The Balaban J connectivity index is 2.31. The predicted octanol–water partition coefficient (Wildman–Crippen LogP) is 1.04. The lowest BCUT2D eigenvalue weighted by Crippen LogP contribution is -2.42. The summed E-state index contributed by atoms with van der Waals surface area (Å²) in [4.78, 5) is 12.0. The summed E-state index contributed by atoms with van der Waals surface area (Å²) < 4.78 is 35.6. The highest BCUT2D eigenvalue weighted by Crippen LogP contribution is 2.13. The first-order valence-corrected chi connectivity index (χ1v) is 3.92. The molecule has 0 aromatic heterocycles. The summed E-state index contributed by atoms with van der Waals surface area (Å²) in [6.07, 6.45) is -0.286. The molecule has 12 heavy (non-hydrogen) atoms. The van der Waals surface area contributed by atoms with Crippen molar-refractivity contribution in [1.29, 1.82) is 0 Å². The molecule has 2 nitrogen and oxygen atoms in total. The molecule has 1 heterocycles. The largest absolute Gasteiger partial charge is 0.492 e. The molecule has 0 radical (unpaired) electrons. The van der Waals surface area contributed by atoms with Gasteiger partial charge in [-0.2, -0.15) is 0 Å². The summed E-state index contributed by atoms with van der Waals surface area (Å²) in [7, 11) is 0. The van der Waals surface area contributed by atoms with Gasteiger partial charge in [0.05, 0.1) is 0 Å². The Morgan fingerprint density at radius 3 is 2.17 bits per heavy atom. The normalized spacial score (nSPS) is 21.4. The number of halogens is 3. The molecule has 1 aliphatic heterocycles. The minimum Gasteiger partial charge on any atom is -0.448 e. The standard InChI is InChI=1S/C6H10BF3NO/c8-7(9,10)5-11-3-1-6(12)2-4-11/h1-5H2/q-1. The first-order valence-electron chi connectivity index (χ1n) is 3.92. The van der Waals surface area contributed by atoms with Crippen LogP contribution in [0.1, 0.15) is 12.8 Å². The second-order valence-corrected chi connectivity index (χ2v) is 3.05. The van der Waals surface area contributed by atoms with Crippen molar-refractivity contribution in [3.05, 3.63) is 0 Å². The van der Waals surface area contributed by atoms with Crippen LogP contribution in [0.5, 0.6) is 0 Å². The summed E-state index contributed by atoms with van der Waals surface area (Å²) >= 11 is 0. The van der Waals surface area contributed by atoms with Gasteiger partial charge in [-0.1, -0.05) is 0 Å². The molecule has 0 amide bonds. The summed E-state index contributed by atoms with van der Waals surface area (Å²) in [6.45, 7) is -4.20. The molecular weight excluding hydrogens is 170 g/mol. The second-order valence-electron chi connectivity index (χ2n) is 3.05. The molecule has 1 saturated heterocycles. The average molecular weight is 180 g/mol. The molecule has 1 fully saturated rings. The molecule has 0 unspecified atom stereocenters. The quantitative estimate of drug-likeness (QED) is 0.591. The van der Waals surface area contributed by atoms with Gasteiger partial charge in [-0.25, -0.2) is 0 Å². The van der Waals surface area contributed by atoms with Crippen LogP contribution in [0.2, 0.25) is 0 Å². The van der Waals surface area contributed by atoms with E-state index in [9.17, 15) is 17.7 Å². The zero-order chi connectivity index (χ0) is 9.19. The van der Waals surface area contributed by atoms with Gasteiger partial charge in [-0.05, 0) is 6.44 Å². The van der Waals surface area contributed by atoms with Crippen LogP contribution in [0.15, 0.2) is 0 Å².